The molecule has 0 spiro atoms. The van der Waals surface area contributed by atoms with Gasteiger partial charge in [-0.1, -0.05) is 55.7 Å². The molecule has 3 fully saturated rings. The second-order valence-electron chi connectivity index (χ2n) is 13.7. The van der Waals surface area contributed by atoms with E-state index in [9.17, 15) is 0 Å². The van der Waals surface area contributed by atoms with Crippen molar-refractivity contribution in [3.05, 3.63) is 23.2 Å². The summed E-state index contributed by atoms with van der Waals surface area (Å²) in [6.45, 7) is 13.1. The van der Waals surface area contributed by atoms with Crippen molar-refractivity contribution in [3.63, 3.8) is 0 Å². The Labute approximate surface area is 203 Å². The first-order chi connectivity index (χ1) is 15.3. The van der Waals surface area contributed by atoms with Gasteiger partial charge in [0.05, 0.1) is 23.7 Å². The van der Waals surface area contributed by atoms with E-state index in [0.29, 0.717) is 0 Å². The molecule has 3 aliphatic carbocycles. The lowest BCUT2D eigenvalue weighted by atomic mass is 9.45. The molecule has 0 saturated heterocycles. The Morgan fingerprint density at radius 3 is 1.47 bits per heavy atom. The summed E-state index contributed by atoms with van der Waals surface area (Å²) in [7, 11) is -2.35. The van der Waals surface area contributed by atoms with Gasteiger partial charge in [0.1, 0.15) is 0 Å². The maximum atomic E-state index is 2.89. The fourth-order valence-electron chi connectivity index (χ4n) is 9.82. The fraction of sp³-hybridized carbons (Fsp3) is 0.862. The quantitative estimate of drug-likeness (QED) is 0.267. The molecule has 1 heterocycles. The van der Waals surface area contributed by atoms with Gasteiger partial charge in [-0.2, -0.15) is 6.32 Å². The van der Waals surface area contributed by atoms with Crippen molar-refractivity contribution in [2.24, 2.45) is 0 Å². The summed E-state index contributed by atoms with van der Waals surface area (Å²) in [5, 5.41) is 1.16. The fourth-order valence-corrected chi connectivity index (χ4v) is 27.1. The third-order valence-corrected chi connectivity index (χ3v) is 23.5. The Bertz CT molecular complexity index is 626. The summed E-state index contributed by atoms with van der Waals surface area (Å²) in [6.07, 6.45) is 27.6. The van der Waals surface area contributed by atoms with Crippen LogP contribution in [0.3, 0.4) is 0 Å². The van der Waals surface area contributed by atoms with Crippen molar-refractivity contribution in [1.82, 2.24) is 0 Å². The van der Waals surface area contributed by atoms with Crippen molar-refractivity contribution in [2.45, 2.75) is 158 Å². The van der Waals surface area contributed by atoms with E-state index in [-0.39, 0.29) is 6.71 Å². The van der Waals surface area contributed by atoms with Crippen LogP contribution in [0.25, 0.3) is 0 Å². The first-order valence-electron chi connectivity index (χ1n) is 14.8. The SMILES string of the molecule is CC1=C[BH-](C([Si](C)(C)C)[P+](C2CCCCC2)(C2CCCCC2)C2CCCCC2)CC(C)=C1. The van der Waals surface area contributed by atoms with Gasteiger partial charge in [-0.25, -0.2) is 5.98 Å². The Kier molecular flexibility index (Phi) is 8.57. The van der Waals surface area contributed by atoms with Crippen LogP contribution in [-0.2, 0) is 0 Å². The molecule has 0 aromatic rings. The third kappa shape index (κ3) is 5.22. The highest BCUT2D eigenvalue weighted by atomic mass is 31.2. The van der Waals surface area contributed by atoms with Crippen LogP contribution in [0.4, 0.5) is 0 Å². The zero-order chi connectivity index (χ0) is 22.8. The van der Waals surface area contributed by atoms with E-state index >= 15 is 0 Å². The summed E-state index contributed by atoms with van der Waals surface area (Å²) in [5.41, 5.74) is 6.76. The highest BCUT2D eigenvalue weighted by Crippen LogP contribution is 2.81. The second-order valence-corrected chi connectivity index (χ2v) is 24.2. The standard InChI is InChI=1S/C29H54BPSi/c1-24-21-25(2)23-30(22-24)29(32(3,4)5)31(26-15-9-6-10-16-26,27-17-11-7-12-18-27)28-19-13-8-14-20-28/h21-22,26-30H,6-20,23H2,1-5H3. The predicted molar refractivity (Wildman–Crippen MR) is 154 cm³/mol. The zero-order valence-electron chi connectivity index (χ0n) is 22.4. The highest BCUT2D eigenvalue weighted by Gasteiger charge is 2.62. The molecule has 3 heteroatoms. The van der Waals surface area contributed by atoms with E-state index in [1.807, 2.05) is 0 Å². The number of hydrogen-bond donors (Lipinski definition) is 0. The van der Waals surface area contributed by atoms with Gasteiger partial charge in [0, 0.05) is 8.07 Å². The van der Waals surface area contributed by atoms with E-state index < -0.39 is 15.3 Å². The maximum absolute atomic E-state index is 2.89. The van der Waals surface area contributed by atoms with Crippen molar-refractivity contribution in [1.29, 1.82) is 0 Å². The molecule has 0 bridgehead atoms. The predicted octanol–water partition coefficient (Wildman–Crippen LogP) is 9.46. The Morgan fingerprint density at radius 2 is 1.12 bits per heavy atom. The Balaban J connectivity index is 1.88. The molecule has 0 aromatic carbocycles. The molecule has 182 valence electrons. The summed E-state index contributed by atoms with van der Waals surface area (Å²) in [6, 6.07) is 0. The molecule has 2 atom stereocenters. The number of hydrogen-bond acceptors (Lipinski definition) is 0. The van der Waals surface area contributed by atoms with Crippen molar-refractivity contribution >= 4 is 22.0 Å². The van der Waals surface area contributed by atoms with Crippen molar-refractivity contribution < 1.29 is 0 Å². The molecule has 0 nitrogen and oxygen atoms in total. The molecule has 3 saturated carbocycles. The van der Waals surface area contributed by atoms with Crippen LogP contribution in [0, 0.1) is 0 Å². The van der Waals surface area contributed by atoms with Crippen LogP contribution in [0.2, 0.25) is 26.0 Å². The topological polar surface area (TPSA) is 0 Å². The molecular formula is C29H54BPSi. The first-order valence-corrected chi connectivity index (χ1v) is 20.4. The summed E-state index contributed by atoms with van der Waals surface area (Å²) in [5.74, 6) is 2.89. The molecule has 0 radical (unpaired) electrons. The Hall–Kier alpha value is 0.192. The van der Waals surface area contributed by atoms with Crippen molar-refractivity contribution in [3.8, 4) is 0 Å². The van der Waals surface area contributed by atoms with E-state index in [0.717, 1.165) is 22.2 Å². The summed E-state index contributed by atoms with van der Waals surface area (Å²) in [4.78, 5) is 0. The minimum atomic E-state index is -1.31. The third-order valence-electron chi connectivity index (χ3n) is 10.4. The smallest absolute Gasteiger partial charge is 0.0671 e. The number of allylic oxidation sites excluding steroid dienone is 3. The molecule has 0 N–H and O–H groups in total. The lowest BCUT2D eigenvalue weighted by molar-refractivity contribution is 0.451. The van der Waals surface area contributed by atoms with Gasteiger partial charge in [0.25, 0.3) is 0 Å². The average Bonchev–Trinajstić information content (AvgIpc) is 2.77. The average molecular weight is 473 g/mol. The lowest BCUT2D eigenvalue weighted by Crippen LogP contribution is -2.57. The normalized spacial score (nSPS) is 28.8. The van der Waals surface area contributed by atoms with Gasteiger partial charge in [-0.3, -0.25) is 0 Å². The second kappa shape index (κ2) is 10.8. The monoisotopic (exact) mass is 472 g/mol. The van der Waals surface area contributed by atoms with E-state index in [4.69, 9.17) is 0 Å². The molecular weight excluding hydrogens is 418 g/mol. The van der Waals surface area contributed by atoms with Crippen LogP contribution >= 0.6 is 7.26 Å². The zero-order valence-corrected chi connectivity index (χ0v) is 24.3. The lowest BCUT2D eigenvalue weighted by Gasteiger charge is -2.60. The summed E-state index contributed by atoms with van der Waals surface area (Å²) < 4.78 is 0. The van der Waals surface area contributed by atoms with Gasteiger partial charge in [-0.05, 0) is 98.2 Å². The molecule has 32 heavy (non-hydrogen) atoms. The van der Waals surface area contributed by atoms with Gasteiger partial charge in [0.15, 0.2) is 0 Å². The minimum absolute atomic E-state index is 0.222. The molecule has 0 amide bonds. The van der Waals surface area contributed by atoms with E-state index in [1.54, 1.807) is 88.2 Å². The largest absolute Gasteiger partial charge is 0.241 e. The molecule has 0 aromatic heterocycles. The van der Waals surface area contributed by atoms with Gasteiger partial charge in [-0.15, -0.1) is 5.57 Å². The van der Waals surface area contributed by atoms with Crippen LogP contribution in [-0.4, -0.2) is 36.9 Å². The van der Waals surface area contributed by atoms with Crippen LogP contribution < -0.4 is 0 Å². The van der Waals surface area contributed by atoms with E-state index in [1.165, 1.54) is 25.6 Å². The van der Waals surface area contributed by atoms with Gasteiger partial charge >= 0.3 is 0 Å². The van der Waals surface area contributed by atoms with E-state index in [2.05, 4.69) is 45.5 Å². The highest BCUT2D eigenvalue weighted by molar-refractivity contribution is 7.82. The van der Waals surface area contributed by atoms with Crippen LogP contribution in [0.15, 0.2) is 23.2 Å². The Morgan fingerprint density at radius 1 is 0.719 bits per heavy atom. The van der Waals surface area contributed by atoms with Crippen LogP contribution in [0.1, 0.15) is 110 Å². The number of rotatable bonds is 6. The van der Waals surface area contributed by atoms with Gasteiger partial charge < -0.3 is 0 Å². The molecule has 1 aliphatic heterocycles. The van der Waals surface area contributed by atoms with Gasteiger partial charge in [0.2, 0.25) is 0 Å². The summed E-state index contributed by atoms with van der Waals surface area (Å²) >= 11 is 0. The first kappa shape index (κ1) is 25.3. The minimum Gasteiger partial charge on any atom is -0.241 e. The molecule has 2 unspecified atom stereocenters. The van der Waals surface area contributed by atoms with Crippen molar-refractivity contribution in [2.75, 3.05) is 0 Å². The molecule has 4 aliphatic rings. The molecule has 4 rings (SSSR count). The maximum Gasteiger partial charge on any atom is 0.0671 e. The van der Waals surface area contributed by atoms with Crippen LogP contribution in [0.5, 0.6) is 0 Å².